The normalized spacial score (nSPS) is 15.5. The van der Waals surface area contributed by atoms with Gasteiger partial charge in [0.05, 0.1) is 12.1 Å². The zero-order valence-electron chi connectivity index (χ0n) is 15.3. The summed E-state index contributed by atoms with van der Waals surface area (Å²) in [5.74, 6) is -0.289. The predicted octanol–water partition coefficient (Wildman–Crippen LogP) is 1.99. The summed E-state index contributed by atoms with van der Waals surface area (Å²) in [6, 6.07) is 9.22. The molecule has 0 unspecified atom stereocenters. The van der Waals surface area contributed by atoms with Gasteiger partial charge in [0.25, 0.3) is 11.8 Å². The van der Waals surface area contributed by atoms with Gasteiger partial charge in [-0.05, 0) is 35.6 Å². The summed E-state index contributed by atoms with van der Waals surface area (Å²) in [4.78, 5) is 41.1. The van der Waals surface area contributed by atoms with Crippen LogP contribution in [0.25, 0.3) is 0 Å². The summed E-state index contributed by atoms with van der Waals surface area (Å²) < 4.78 is 10.5. The molecule has 2 amide bonds. The number of carbonyl (C=O) groups excluding carboxylic acids is 3. The Morgan fingerprint density at radius 2 is 2.07 bits per heavy atom. The van der Waals surface area contributed by atoms with Crippen molar-refractivity contribution in [2.45, 2.75) is 19.4 Å². The maximum absolute atomic E-state index is 12.3. The van der Waals surface area contributed by atoms with E-state index in [1.165, 1.54) is 15.3 Å². The van der Waals surface area contributed by atoms with Crippen molar-refractivity contribution in [1.82, 2.24) is 4.90 Å². The van der Waals surface area contributed by atoms with E-state index in [9.17, 15) is 14.4 Å². The Labute approximate surface area is 166 Å². The Bertz CT molecular complexity index is 910. The molecule has 28 heavy (non-hydrogen) atoms. The van der Waals surface area contributed by atoms with Gasteiger partial charge in [0, 0.05) is 24.5 Å². The van der Waals surface area contributed by atoms with Crippen LogP contribution in [0.1, 0.15) is 16.9 Å². The highest BCUT2D eigenvalue weighted by Gasteiger charge is 2.26. The highest BCUT2D eigenvalue weighted by Crippen LogP contribution is 2.31. The number of nitrogens with zero attached hydrogens (tertiary/aromatic N) is 2. The van der Waals surface area contributed by atoms with Gasteiger partial charge in [-0.2, -0.15) is 0 Å². The van der Waals surface area contributed by atoms with Gasteiger partial charge in [-0.15, -0.1) is 11.3 Å². The summed E-state index contributed by atoms with van der Waals surface area (Å²) in [6.07, 6.45) is 0.854. The van der Waals surface area contributed by atoms with Gasteiger partial charge in [0.1, 0.15) is 5.75 Å². The molecule has 1 aromatic carbocycles. The molecule has 8 heteroatoms. The lowest BCUT2D eigenvalue weighted by molar-refractivity contribution is -0.152. The largest absolute Gasteiger partial charge is 0.482 e. The van der Waals surface area contributed by atoms with Crippen molar-refractivity contribution >= 4 is 34.8 Å². The van der Waals surface area contributed by atoms with Gasteiger partial charge in [-0.1, -0.05) is 12.1 Å². The Hall–Kier alpha value is -2.87. The molecule has 7 nitrogen and oxygen atoms in total. The SMILES string of the molecule is O=C(CCN1C(=O)COc2ccccc21)OCC(=O)N1CCc2sccc2C1. The van der Waals surface area contributed by atoms with Crippen molar-refractivity contribution in [2.24, 2.45) is 0 Å². The summed E-state index contributed by atoms with van der Waals surface area (Å²) >= 11 is 1.71. The van der Waals surface area contributed by atoms with Crippen LogP contribution in [0.4, 0.5) is 5.69 Å². The second-order valence-corrected chi connectivity index (χ2v) is 7.65. The third kappa shape index (κ3) is 3.87. The third-order valence-electron chi connectivity index (χ3n) is 4.86. The lowest BCUT2D eigenvalue weighted by Gasteiger charge is -2.29. The van der Waals surface area contributed by atoms with E-state index < -0.39 is 5.97 Å². The van der Waals surface area contributed by atoms with Gasteiger partial charge in [0.2, 0.25) is 0 Å². The van der Waals surface area contributed by atoms with Crippen LogP contribution in [0, 0.1) is 0 Å². The van der Waals surface area contributed by atoms with Crippen LogP contribution in [0.2, 0.25) is 0 Å². The van der Waals surface area contributed by atoms with Gasteiger partial charge in [-0.25, -0.2) is 0 Å². The minimum atomic E-state index is -0.502. The number of carbonyl (C=O) groups is 3. The number of amides is 2. The number of hydrogen-bond donors (Lipinski definition) is 0. The van der Waals surface area contributed by atoms with Crippen molar-refractivity contribution in [1.29, 1.82) is 0 Å². The van der Waals surface area contributed by atoms with Crippen molar-refractivity contribution in [3.8, 4) is 5.75 Å². The Morgan fingerprint density at radius 3 is 2.96 bits per heavy atom. The van der Waals surface area contributed by atoms with E-state index in [2.05, 4.69) is 0 Å². The average Bonchev–Trinajstić information content (AvgIpc) is 3.19. The highest BCUT2D eigenvalue weighted by atomic mass is 32.1. The second-order valence-electron chi connectivity index (χ2n) is 6.65. The van der Waals surface area contributed by atoms with Crippen LogP contribution < -0.4 is 9.64 Å². The number of esters is 1. The summed E-state index contributed by atoms with van der Waals surface area (Å²) in [5.41, 5.74) is 1.81. The third-order valence-corrected chi connectivity index (χ3v) is 5.89. The number of benzene rings is 1. The molecule has 0 saturated heterocycles. The minimum absolute atomic E-state index is 0.0159. The van der Waals surface area contributed by atoms with E-state index in [-0.39, 0.29) is 38.0 Å². The molecule has 0 spiro atoms. The fourth-order valence-corrected chi connectivity index (χ4v) is 4.26. The number of para-hydroxylation sites is 2. The molecule has 0 aliphatic carbocycles. The molecule has 0 saturated carbocycles. The van der Waals surface area contributed by atoms with Crippen molar-refractivity contribution in [3.05, 3.63) is 46.2 Å². The maximum atomic E-state index is 12.3. The number of ether oxygens (including phenoxy) is 2. The smallest absolute Gasteiger partial charge is 0.308 e. The monoisotopic (exact) mass is 400 g/mol. The Morgan fingerprint density at radius 1 is 1.21 bits per heavy atom. The van der Waals surface area contributed by atoms with E-state index in [1.807, 2.05) is 23.6 Å². The van der Waals surface area contributed by atoms with Crippen LogP contribution in [0.3, 0.4) is 0 Å². The summed E-state index contributed by atoms with van der Waals surface area (Å²) in [6.45, 7) is 1.07. The van der Waals surface area contributed by atoms with Gasteiger partial charge >= 0.3 is 5.97 Å². The molecular formula is C20H20N2O5S. The van der Waals surface area contributed by atoms with Crippen LogP contribution in [-0.2, 0) is 32.1 Å². The quantitative estimate of drug-likeness (QED) is 0.718. The van der Waals surface area contributed by atoms with E-state index in [0.29, 0.717) is 24.5 Å². The van der Waals surface area contributed by atoms with Gasteiger partial charge < -0.3 is 19.3 Å². The number of rotatable bonds is 5. The fourth-order valence-electron chi connectivity index (χ4n) is 3.37. The molecule has 1 aromatic heterocycles. The van der Waals surface area contributed by atoms with Crippen LogP contribution >= 0.6 is 11.3 Å². The molecule has 0 bridgehead atoms. The van der Waals surface area contributed by atoms with E-state index in [1.54, 1.807) is 28.4 Å². The van der Waals surface area contributed by atoms with Crippen molar-refractivity contribution in [2.75, 3.05) is 31.2 Å². The number of hydrogen-bond acceptors (Lipinski definition) is 6. The van der Waals surface area contributed by atoms with E-state index in [0.717, 1.165) is 6.42 Å². The summed E-state index contributed by atoms with van der Waals surface area (Å²) in [5, 5.41) is 2.03. The predicted molar refractivity (Wildman–Crippen MR) is 103 cm³/mol. The molecule has 2 aliphatic rings. The number of anilines is 1. The molecule has 0 fully saturated rings. The average molecular weight is 400 g/mol. The van der Waals surface area contributed by atoms with E-state index >= 15 is 0 Å². The second kappa shape index (κ2) is 8.02. The molecule has 0 radical (unpaired) electrons. The maximum Gasteiger partial charge on any atom is 0.308 e. The molecular weight excluding hydrogens is 380 g/mol. The first kappa shape index (κ1) is 18.5. The van der Waals surface area contributed by atoms with Crippen LogP contribution in [0.15, 0.2) is 35.7 Å². The van der Waals surface area contributed by atoms with Gasteiger partial charge in [0.15, 0.2) is 13.2 Å². The zero-order valence-corrected chi connectivity index (χ0v) is 16.1. The molecule has 146 valence electrons. The van der Waals surface area contributed by atoms with Crippen molar-refractivity contribution in [3.63, 3.8) is 0 Å². The minimum Gasteiger partial charge on any atom is -0.482 e. The summed E-state index contributed by atoms with van der Waals surface area (Å²) in [7, 11) is 0. The molecule has 0 N–H and O–H groups in total. The molecule has 2 aliphatic heterocycles. The first-order chi connectivity index (χ1) is 13.6. The number of fused-ring (bicyclic) bond motifs is 2. The zero-order chi connectivity index (χ0) is 19.5. The van der Waals surface area contributed by atoms with Crippen LogP contribution in [0.5, 0.6) is 5.75 Å². The highest BCUT2D eigenvalue weighted by molar-refractivity contribution is 7.10. The first-order valence-corrected chi connectivity index (χ1v) is 10.0. The molecule has 2 aromatic rings. The lowest BCUT2D eigenvalue weighted by atomic mass is 10.1. The Balaban J connectivity index is 1.26. The first-order valence-electron chi connectivity index (χ1n) is 9.12. The Kier molecular flexibility index (Phi) is 5.29. The van der Waals surface area contributed by atoms with Crippen molar-refractivity contribution < 1.29 is 23.9 Å². The van der Waals surface area contributed by atoms with Crippen LogP contribution in [-0.4, -0.2) is 49.0 Å². The fraction of sp³-hybridized carbons (Fsp3) is 0.350. The van der Waals surface area contributed by atoms with Gasteiger partial charge in [-0.3, -0.25) is 14.4 Å². The standard InChI is InChI=1S/C20H20N2O5S/c23-18(21-8-5-17-14(11-21)7-10-28-17)12-27-20(25)6-9-22-15-3-1-2-4-16(15)26-13-19(22)24/h1-4,7,10H,5-6,8-9,11-13H2. The molecule has 3 heterocycles. The molecule has 0 atom stereocenters. The number of thiophene rings is 1. The van der Waals surface area contributed by atoms with E-state index in [4.69, 9.17) is 9.47 Å². The lowest BCUT2D eigenvalue weighted by Crippen LogP contribution is -2.40. The topological polar surface area (TPSA) is 76.1 Å². The molecule has 4 rings (SSSR count).